The van der Waals surface area contributed by atoms with Crippen LogP contribution < -0.4 is 10.1 Å². The maximum absolute atomic E-state index is 13.0. The van der Waals surface area contributed by atoms with Gasteiger partial charge in [-0.2, -0.15) is 0 Å². The van der Waals surface area contributed by atoms with Gasteiger partial charge in [-0.15, -0.1) is 6.42 Å². The maximum atomic E-state index is 13.0. The van der Waals surface area contributed by atoms with Crippen molar-refractivity contribution < 1.29 is 9.53 Å². The quantitative estimate of drug-likeness (QED) is 0.570. The van der Waals surface area contributed by atoms with E-state index >= 15 is 0 Å². The van der Waals surface area contributed by atoms with Crippen LogP contribution in [0, 0.1) is 24.2 Å². The Morgan fingerprint density at radius 1 is 1.15 bits per heavy atom. The molecule has 4 atom stereocenters. The Labute approximate surface area is 197 Å². The predicted molar refractivity (Wildman–Crippen MR) is 132 cm³/mol. The monoisotopic (exact) mass is 442 g/mol. The van der Waals surface area contributed by atoms with Gasteiger partial charge in [-0.05, 0) is 90.8 Å². The highest BCUT2D eigenvalue weighted by molar-refractivity contribution is 5.94. The van der Waals surface area contributed by atoms with E-state index in [0.29, 0.717) is 6.04 Å². The smallest absolute Gasteiger partial charge is 0.299 e. The van der Waals surface area contributed by atoms with E-state index in [1.165, 1.54) is 24.8 Å². The van der Waals surface area contributed by atoms with Gasteiger partial charge in [0.25, 0.3) is 5.91 Å². The van der Waals surface area contributed by atoms with Crippen LogP contribution in [0.3, 0.4) is 0 Å². The fourth-order valence-corrected chi connectivity index (χ4v) is 6.07. The van der Waals surface area contributed by atoms with Crippen LogP contribution in [0.4, 0.5) is 5.69 Å². The number of amides is 1. The minimum atomic E-state index is -0.227. The van der Waals surface area contributed by atoms with Gasteiger partial charge in [0, 0.05) is 17.8 Å². The molecule has 2 saturated carbocycles. The van der Waals surface area contributed by atoms with Gasteiger partial charge in [-0.25, -0.2) is 0 Å². The Morgan fingerprint density at radius 2 is 1.91 bits per heavy atom. The lowest BCUT2D eigenvalue weighted by Gasteiger charge is -2.43. The predicted octanol–water partition coefficient (Wildman–Crippen LogP) is 5.57. The van der Waals surface area contributed by atoms with Crippen molar-refractivity contribution in [1.82, 2.24) is 4.90 Å². The zero-order valence-corrected chi connectivity index (χ0v) is 19.7. The highest BCUT2D eigenvalue weighted by Crippen LogP contribution is 2.52. The summed E-state index contributed by atoms with van der Waals surface area (Å²) in [5.74, 6) is 4.96. The van der Waals surface area contributed by atoms with E-state index in [9.17, 15) is 4.79 Å². The second kappa shape index (κ2) is 9.14. The number of ether oxygens (including phenoxy) is 1. The topological polar surface area (TPSA) is 41.6 Å². The molecule has 2 aliphatic carbocycles. The van der Waals surface area contributed by atoms with Crippen LogP contribution in [0.25, 0.3) is 0 Å². The van der Waals surface area contributed by atoms with Gasteiger partial charge in [0.15, 0.2) is 0 Å². The molecule has 172 valence electrons. The number of methoxy groups -OCH3 is 1. The minimum Gasteiger partial charge on any atom is -0.497 e. The zero-order chi connectivity index (χ0) is 22.9. The minimum absolute atomic E-state index is 0.0844. The fraction of sp³-hybridized carbons (Fsp3) is 0.483. The molecular formula is C29H34N2O2. The number of nitrogens with zero attached hydrogens (tertiary/aromatic N) is 1. The molecule has 0 bridgehead atoms. The first-order valence-corrected chi connectivity index (χ1v) is 12.4. The number of benzene rings is 2. The van der Waals surface area contributed by atoms with Crippen molar-refractivity contribution in [1.29, 1.82) is 0 Å². The Kier molecular flexibility index (Phi) is 6.06. The zero-order valence-electron chi connectivity index (χ0n) is 19.7. The Bertz CT molecular complexity index is 1040. The molecule has 0 radical (unpaired) electrons. The molecule has 2 unspecified atom stereocenters. The molecule has 1 N–H and O–H groups in total. The van der Waals surface area contributed by atoms with Crippen molar-refractivity contribution in [2.75, 3.05) is 12.4 Å². The molecule has 0 saturated heterocycles. The number of rotatable bonds is 7. The van der Waals surface area contributed by atoms with Crippen LogP contribution in [0.15, 0.2) is 42.5 Å². The van der Waals surface area contributed by atoms with Crippen molar-refractivity contribution in [3.63, 3.8) is 0 Å². The van der Waals surface area contributed by atoms with Crippen molar-refractivity contribution in [3.05, 3.63) is 59.2 Å². The van der Waals surface area contributed by atoms with Gasteiger partial charge in [0.05, 0.1) is 13.2 Å². The molecule has 4 heteroatoms. The normalized spacial score (nSPS) is 27.3. The van der Waals surface area contributed by atoms with Gasteiger partial charge in [0.2, 0.25) is 0 Å². The van der Waals surface area contributed by atoms with Gasteiger partial charge in [0.1, 0.15) is 5.75 Å². The summed E-state index contributed by atoms with van der Waals surface area (Å²) in [4.78, 5) is 15.0. The van der Waals surface area contributed by atoms with Crippen LogP contribution >= 0.6 is 0 Å². The summed E-state index contributed by atoms with van der Waals surface area (Å²) in [6.07, 6.45) is 13.6. The van der Waals surface area contributed by atoms with Crippen molar-refractivity contribution >= 4 is 11.6 Å². The molecule has 0 aromatic heterocycles. The number of hydrogen-bond acceptors (Lipinski definition) is 3. The average Bonchev–Trinajstić information content (AvgIpc) is 3.46. The number of nitrogens with one attached hydrogen (secondary N) is 1. The summed E-state index contributed by atoms with van der Waals surface area (Å²) in [6, 6.07) is 15.4. The SMILES string of the molecule is C#CC(=O)N1[C@@H](CCCC)Cc2cc(OC)ccc2[C@@H]1c1ccc(NC2CC3CC3C2)cc1. The Morgan fingerprint density at radius 3 is 2.58 bits per heavy atom. The first-order chi connectivity index (χ1) is 16.1. The lowest BCUT2D eigenvalue weighted by atomic mass is 9.83. The summed E-state index contributed by atoms with van der Waals surface area (Å²) < 4.78 is 5.50. The van der Waals surface area contributed by atoms with Gasteiger partial charge < -0.3 is 15.0 Å². The van der Waals surface area contributed by atoms with E-state index in [-0.39, 0.29) is 18.0 Å². The van der Waals surface area contributed by atoms with Crippen molar-refractivity contribution in [3.8, 4) is 18.1 Å². The molecule has 1 amide bonds. The molecule has 1 heterocycles. The Balaban J connectivity index is 1.47. The summed E-state index contributed by atoms with van der Waals surface area (Å²) >= 11 is 0. The molecule has 4 nitrogen and oxygen atoms in total. The number of unbranched alkanes of at least 4 members (excludes halogenated alkanes) is 1. The molecular weight excluding hydrogens is 408 g/mol. The lowest BCUT2D eigenvalue weighted by molar-refractivity contribution is -0.130. The third-order valence-electron chi connectivity index (χ3n) is 7.86. The second-order valence-electron chi connectivity index (χ2n) is 10.0. The second-order valence-corrected chi connectivity index (χ2v) is 10.0. The highest BCUT2D eigenvalue weighted by atomic mass is 16.5. The third-order valence-corrected chi connectivity index (χ3v) is 7.86. The summed E-state index contributed by atoms with van der Waals surface area (Å²) in [7, 11) is 1.70. The van der Waals surface area contributed by atoms with Crippen LogP contribution in [0.1, 0.15) is 68.2 Å². The van der Waals surface area contributed by atoms with Crippen LogP contribution in [-0.2, 0) is 11.2 Å². The van der Waals surface area contributed by atoms with Crippen LogP contribution in [0.2, 0.25) is 0 Å². The van der Waals surface area contributed by atoms with Crippen LogP contribution in [-0.4, -0.2) is 30.0 Å². The van der Waals surface area contributed by atoms with E-state index in [1.54, 1.807) is 7.11 Å². The van der Waals surface area contributed by atoms with E-state index < -0.39 is 0 Å². The van der Waals surface area contributed by atoms with E-state index in [2.05, 4.69) is 54.6 Å². The molecule has 33 heavy (non-hydrogen) atoms. The van der Waals surface area contributed by atoms with Crippen molar-refractivity contribution in [2.45, 2.75) is 70.0 Å². The van der Waals surface area contributed by atoms with E-state index in [4.69, 9.17) is 11.2 Å². The molecule has 2 aromatic carbocycles. The molecule has 5 rings (SSSR count). The molecule has 2 aromatic rings. The number of carbonyl (C=O) groups excluding carboxylic acids is 1. The first kappa shape index (κ1) is 21.9. The molecule has 3 aliphatic rings. The van der Waals surface area contributed by atoms with Gasteiger partial charge in [-0.1, -0.05) is 38.0 Å². The number of fused-ring (bicyclic) bond motifs is 2. The number of hydrogen-bond donors (Lipinski definition) is 1. The van der Waals surface area contributed by atoms with E-state index in [1.807, 2.05) is 11.0 Å². The summed E-state index contributed by atoms with van der Waals surface area (Å²) in [5.41, 5.74) is 4.65. The van der Waals surface area contributed by atoms with Gasteiger partial charge >= 0.3 is 0 Å². The summed E-state index contributed by atoms with van der Waals surface area (Å²) in [6.45, 7) is 2.18. The largest absolute Gasteiger partial charge is 0.497 e. The lowest BCUT2D eigenvalue weighted by Crippen LogP contribution is -2.47. The van der Waals surface area contributed by atoms with Gasteiger partial charge in [-0.3, -0.25) is 4.79 Å². The number of anilines is 1. The fourth-order valence-electron chi connectivity index (χ4n) is 6.07. The molecule has 2 fully saturated rings. The first-order valence-electron chi connectivity index (χ1n) is 12.4. The summed E-state index contributed by atoms with van der Waals surface area (Å²) in [5, 5.41) is 3.72. The standard InChI is InChI=1S/C29H34N2O2/c1-4-6-7-25-17-22-18-26(33-3)12-13-27(22)29(31(25)28(32)5-2)19-8-10-23(11-9-19)30-24-15-20-14-21(20)16-24/h2,8-13,18,20-21,24-25,29-30H,4,6-7,14-17H2,1,3H3/t20?,21?,24?,25-,29-/m0/s1. The van der Waals surface area contributed by atoms with Crippen LogP contribution in [0.5, 0.6) is 5.75 Å². The van der Waals surface area contributed by atoms with Crippen molar-refractivity contribution in [2.24, 2.45) is 11.8 Å². The Hall–Kier alpha value is -2.93. The molecule has 0 spiro atoms. The number of terminal acetylenes is 1. The molecule has 1 aliphatic heterocycles. The highest BCUT2D eigenvalue weighted by Gasteiger charge is 2.45. The number of carbonyl (C=O) groups is 1. The maximum Gasteiger partial charge on any atom is 0.299 e. The average molecular weight is 443 g/mol. The van der Waals surface area contributed by atoms with E-state index in [0.717, 1.165) is 60.1 Å². The third kappa shape index (κ3) is 4.34.